The van der Waals surface area contributed by atoms with Crippen molar-refractivity contribution in [1.82, 2.24) is 9.55 Å². The number of aryl methyl sites for hydroxylation is 1. The Kier molecular flexibility index (Phi) is 4.68. The zero-order chi connectivity index (χ0) is 18.0. The minimum Gasteiger partial charge on any atom is -0.457 e. The van der Waals surface area contributed by atoms with E-state index >= 15 is 0 Å². The average Bonchev–Trinajstić information content (AvgIpc) is 3.07. The van der Waals surface area contributed by atoms with Gasteiger partial charge in [-0.2, -0.15) is 18.2 Å². The molecule has 0 spiro atoms. The van der Waals surface area contributed by atoms with Crippen LogP contribution in [0.4, 0.5) is 13.2 Å². The lowest BCUT2D eigenvalue weighted by atomic mass is 10.2. The van der Waals surface area contributed by atoms with E-state index in [0.717, 1.165) is 17.5 Å². The summed E-state index contributed by atoms with van der Waals surface area (Å²) in [5, 5.41) is 0. The summed E-state index contributed by atoms with van der Waals surface area (Å²) in [5.41, 5.74) is 0.794. The summed E-state index contributed by atoms with van der Waals surface area (Å²) in [6.07, 6.45) is 5.77. The molecule has 3 heterocycles. The van der Waals surface area contributed by atoms with Crippen LogP contribution in [0.3, 0.4) is 0 Å². The van der Waals surface area contributed by atoms with E-state index in [9.17, 15) is 13.2 Å². The molecule has 0 amide bonds. The van der Waals surface area contributed by atoms with E-state index < -0.39 is 18.0 Å². The fourth-order valence-corrected chi connectivity index (χ4v) is 2.68. The van der Waals surface area contributed by atoms with E-state index in [1.807, 2.05) is 11.5 Å². The monoisotopic (exact) mass is 351 g/mol. The molecule has 0 fully saturated rings. The number of ether oxygens (including phenoxy) is 2. The van der Waals surface area contributed by atoms with Crippen LogP contribution in [-0.2, 0) is 11.3 Å². The standard InChI is InChI=1S/C17H16F3N3O2/c1-3-4-5-14-11(2)22-16-23(14)9-13(25-16)10-24-12-6-7-15(21-8-12)17(18,19)20/h1,4-5,7-8,12-13H,6,9-10H2,2H3/b5-4-/t12?,13-/m0/s1. The van der Waals surface area contributed by atoms with Crippen molar-refractivity contribution in [3.63, 3.8) is 0 Å². The number of rotatable bonds is 4. The van der Waals surface area contributed by atoms with Gasteiger partial charge < -0.3 is 9.47 Å². The fourth-order valence-electron chi connectivity index (χ4n) is 2.68. The fraction of sp³-hybridized carbons (Fsp3) is 0.412. The minimum absolute atomic E-state index is 0.130. The maximum atomic E-state index is 12.5. The van der Waals surface area contributed by atoms with E-state index in [-0.39, 0.29) is 19.1 Å². The average molecular weight is 351 g/mol. The molecule has 0 radical (unpaired) electrons. The van der Waals surface area contributed by atoms with Crippen molar-refractivity contribution in [3.05, 3.63) is 29.2 Å². The molecule has 0 aliphatic carbocycles. The quantitative estimate of drug-likeness (QED) is 0.784. The maximum Gasteiger partial charge on any atom is 0.433 e. The Bertz CT molecular complexity index is 784. The minimum atomic E-state index is -4.43. The first-order valence-electron chi connectivity index (χ1n) is 7.68. The second-order valence-electron chi connectivity index (χ2n) is 5.69. The molecule has 0 N–H and O–H groups in total. The molecule has 3 rings (SSSR count). The van der Waals surface area contributed by atoms with Crippen molar-refractivity contribution in [2.24, 2.45) is 4.99 Å². The highest BCUT2D eigenvalue weighted by atomic mass is 19.4. The van der Waals surface area contributed by atoms with Gasteiger partial charge in [0.1, 0.15) is 11.8 Å². The summed E-state index contributed by atoms with van der Waals surface area (Å²) >= 11 is 0. The Balaban J connectivity index is 1.54. The second kappa shape index (κ2) is 6.76. The summed E-state index contributed by atoms with van der Waals surface area (Å²) in [6, 6.07) is 0.485. The number of fused-ring (bicyclic) bond motifs is 1. The van der Waals surface area contributed by atoms with Crippen LogP contribution in [0.1, 0.15) is 17.8 Å². The number of alkyl halides is 3. The molecule has 2 aliphatic rings. The highest BCUT2D eigenvalue weighted by Gasteiger charge is 2.35. The normalized spacial score (nSPS) is 22.6. The van der Waals surface area contributed by atoms with E-state index in [1.165, 1.54) is 6.21 Å². The van der Waals surface area contributed by atoms with E-state index in [2.05, 4.69) is 15.9 Å². The van der Waals surface area contributed by atoms with Gasteiger partial charge >= 0.3 is 6.18 Å². The van der Waals surface area contributed by atoms with Gasteiger partial charge in [0.25, 0.3) is 6.01 Å². The molecule has 0 aromatic carbocycles. The Hall–Kier alpha value is -2.53. The van der Waals surface area contributed by atoms with Crippen LogP contribution in [-0.4, -0.2) is 40.8 Å². The van der Waals surface area contributed by atoms with Crippen LogP contribution in [0.5, 0.6) is 6.01 Å². The zero-order valence-corrected chi connectivity index (χ0v) is 13.5. The molecule has 2 atom stereocenters. The molecule has 132 valence electrons. The Labute approximate surface area is 142 Å². The molecular formula is C17H16F3N3O2. The molecule has 1 unspecified atom stereocenters. The number of aliphatic imine (C=N–C) groups is 1. The molecule has 0 bridgehead atoms. The SMILES string of the molecule is C#C/C=C\c1c(C)nc2n1C[C@@H](COC1C=NC(C(F)(F)F)=CC1)O2. The zero-order valence-electron chi connectivity index (χ0n) is 13.5. The Morgan fingerprint density at radius 2 is 2.32 bits per heavy atom. The summed E-state index contributed by atoms with van der Waals surface area (Å²) in [4.78, 5) is 7.75. The van der Waals surface area contributed by atoms with Crippen LogP contribution in [0.25, 0.3) is 6.08 Å². The smallest absolute Gasteiger partial charge is 0.433 e. The Morgan fingerprint density at radius 3 is 2.96 bits per heavy atom. The first-order valence-corrected chi connectivity index (χ1v) is 7.68. The van der Waals surface area contributed by atoms with Gasteiger partial charge in [-0.25, -0.2) is 0 Å². The first-order chi connectivity index (χ1) is 11.9. The molecule has 1 aromatic rings. The molecule has 0 saturated heterocycles. The van der Waals surface area contributed by atoms with E-state index in [1.54, 1.807) is 12.2 Å². The lowest BCUT2D eigenvalue weighted by Crippen LogP contribution is -2.28. The number of hydrogen-bond acceptors (Lipinski definition) is 4. The number of nitrogens with zero attached hydrogens (tertiary/aromatic N) is 3. The van der Waals surface area contributed by atoms with Gasteiger partial charge in [0.15, 0.2) is 0 Å². The number of hydrogen-bond donors (Lipinski definition) is 0. The molecule has 0 saturated carbocycles. The van der Waals surface area contributed by atoms with Crippen molar-refractivity contribution >= 4 is 12.3 Å². The van der Waals surface area contributed by atoms with Gasteiger partial charge in [-0.15, -0.1) is 6.42 Å². The van der Waals surface area contributed by atoms with Crippen LogP contribution < -0.4 is 4.74 Å². The van der Waals surface area contributed by atoms with E-state index in [0.29, 0.717) is 12.6 Å². The van der Waals surface area contributed by atoms with E-state index in [4.69, 9.17) is 15.9 Å². The third-order valence-electron chi connectivity index (χ3n) is 3.86. The number of halogens is 3. The lowest BCUT2D eigenvalue weighted by molar-refractivity contribution is -0.0932. The van der Waals surface area contributed by atoms with Gasteiger partial charge in [0, 0.05) is 6.21 Å². The van der Waals surface area contributed by atoms with Crippen molar-refractivity contribution < 1.29 is 22.6 Å². The largest absolute Gasteiger partial charge is 0.457 e. The number of aromatic nitrogens is 2. The topological polar surface area (TPSA) is 48.6 Å². The highest BCUT2D eigenvalue weighted by Crippen LogP contribution is 2.29. The lowest BCUT2D eigenvalue weighted by Gasteiger charge is -2.19. The molecule has 25 heavy (non-hydrogen) atoms. The molecule has 1 aromatic heterocycles. The van der Waals surface area contributed by atoms with Gasteiger partial charge in [0.05, 0.1) is 30.6 Å². The molecule has 5 nitrogen and oxygen atoms in total. The number of imidazole rings is 1. The summed E-state index contributed by atoms with van der Waals surface area (Å²) < 4.78 is 50.7. The number of allylic oxidation sites excluding steroid dienone is 2. The summed E-state index contributed by atoms with van der Waals surface area (Å²) in [6.45, 7) is 2.62. The van der Waals surface area contributed by atoms with Gasteiger partial charge in [-0.3, -0.25) is 9.56 Å². The molecule has 8 heteroatoms. The van der Waals surface area contributed by atoms with Crippen LogP contribution in [0.2, 0.25) is 0 Å². The Morgan fingerprint density at radius 1 is 1.52 bits per heavy atom. The second-order valence-corrected chi connectivity index (χ2v) is 5.69. The van der Waals surface area contributed by atoms with Gasteiger partial charge in [-0.05, 0) is 25.5 Å². The summed E-state index contributed by atoms with van der Waals surface area (Å²) in [5.74, 6) is 2.43. The van der Waals surface area contributed by atoms with Crippen molar-refractivity contribution in [2.75, 3.05) is 6.61 Å². The number of terminal acetylenes is 1. The van der Waals surface area contributed by atoms with Crippen LogP contribution in [0, 0.1) is 19.3 Å². The van der Waals surface area contributed by atoms with Crippen molar-refractivity contribution in [1.29, 1.82) is 0 Å². The van der Waals surface area contributed by atoms with Crippen molar-refractivity contribution in [2.45, 2.75) is 38.3 Å². The molecular weight excluding hydrogens is 335 g/mol. The third kappa shape index (κ3) is 3.77. The predicted octanol–water partition coefficient (Wildman–Crippen LogP) is 2.90. The summed E-state index contributed by atoms with van der Waals surface area (Å²) in [7, 11) is 0. The van der Waals surface area contributed by atoms with Crippen LogP contribution >= 0.6 is 0 Å². The molecule has 2 aliphatic heterocycles. The first kappa shape index (κ1) is 17.3. The maximum absolute atomic E-state index is 12.5. The van der Waals surface area contributed by atoms with Gasteiger partial charge in [0.2, 0.25) is 0 Å². The van der Waals surface area contributed by atoms with Gasteiger partial charge in [-0.1, -0.05) is 12.0 Å². The predicted molar refractivity (Wildman–Crippen MR) is 86.2 cm³/mol. The third-order valence-corrected chi connectivity index (χ3v) is 3.86. The van der Waals surface area contributed by atoms with Crippen molar-refractivity contribution in [3.8, 4) is 18.4 Å². The highest BCUT2D eigenvalue weighted by molar-refractivity contribution is 5.66. The van der Waals surface area contributed by atoms with Crippen LogP contribution in [0.15, 0.2) is 22.8 Å².